The second-order valence-electron chi connectivity index (χ2n) is 7.24. The van der Waals surface area contributed by atoms with Crippen molar-refractivity contribution in [3.05, 3.63) is 82.9 Å². The lowest BCUT2D eigenvalue weighted by Crippen LogP contribution is -2.21. The normalized spacial score (nSPS) is 18.2. The largest absolute Gasteiger partial charge is 0.504 e. The van der Waals surface area contributed by atoms with Crippen LogP contribution in [0.2, 0.25) is 0 Å². The highest BCUT2D eigenvalue weighted by Gasteiger charge is 2.38. The van der Waals surface area contributed by atoms with Crippen molar-refractivity contribution in [1.82, 2.24) is 4.98 Å². The Labute approximate surface area is 177 Å². The number of hydrogen-bond donors (Lipinski definition) is 1. The number of phenols is 1. The van der Waals surface area contributed by atoms with Gasteiger partial charge in [-0.1, -0.05) is 12.1 Å². The van der Waals surface area contributed by atoms with Crippen LogP contribution in [0.3, 0.4) is 0 Å². The van der Waals surface area contributed by atoms with Gasteiger partial charge in [-0.25, -0.2) is 0 Å². The van der Waals surface area contributed by atoms with Gasteiger partial charge >= 0.3 is 5.97 Å². The first kappa shape index (κ1) is 18.9. The van der Waals surface area contributed by atoms with E-state index in [1.165, 1.54) is 7.11 Å². The molecule has 2 aromatic carbocycles. The molecule has 1 aromatic heterocycles. The minimum absolute atomic E-state index is 0.0396. The second kappa shape index (κ2) is 7.28. The third kappa shape index (κ3) is 3.20. The summed E-state index contributed by atoms with van der Waals surface area (Å²) in [4.78, 5) is 29.3. The maximum absolute atomic E-state index is 13.0. The van der Waals surface area contributed by atoms with Gasteiger partial charge < -0.3 is 19.3 Å². The van der Waals surface area contributed by atoms with Gasteiger partial charge in [-0.3, -0.25) is 14.6 Å². The molecule has 2 aliphatic heterocycles. The van der Waals surface area contributed by atoms with Gasteiger partial charge in [0.05, 0.1) is 19.1 Å². The number of ether oxygens (including phenoxy) is 3. The number of esters is 1. The van der Waals surface area contributed by atoms with Gasteiger partial charge in [-0.2, -0.15) is 0 Å². The van der Waals surface area contributed by atoms with E-state index in [0.29, 0.717) is 33.9 Å². The summed E-state index contributed by atoms with van der Waals surface area (Å²) in [6, 6.07) is 11.7. The van der Waals surface area contributed by atoms with Crippen LogP contribution in [-0.4, -0.2) is 29.0 Å². The van der Waals surface area contributed by atoms with Gasteiger partial charge in [-0.15, -0.1) is 0 Å². The summed E-state index contributed by atoms with van der Waals surface area (Å²) in [6.45, 7) is 0. The number of phenolic OH excluding ortho intramolecular Hbond substituents is 1. The Morgan fingerprint density at radius 1 is 1.16 bits per heavy atom. The number of benzene rings is 2. The maximum Gasteiger partial charge on any atom is 0.312 e. The summed E-state index contributed by atoms with van der Waals surface area (Å²) in [5.74, 6) is 0.0587. The van der Waals surface area contributed by atoms with Gasteiger partial charge in [0.1, 0.15) is 11.5 Å². The van der Waals surface area contributed by atoms with Crippen LogP contribution in [-0.2, 0) is 4.79 Å². The molecule has 0 amide bonds. The van der Waals surface area contributed by atoms with Crippen LogP contribution in [0.1, 0.15) is 39.4 Å². The molecule has 1 atom stereocenters. The Hall–Kier alpha value is -4.13. The number of methoxy groups -OCH3 is 1. The number of aromatic nitrogens is 1. The van der Waals surface area contributed by atoms with E-state index in [-0.39, 0.29) is 23.7 Å². The van der Waals surface area contributed by atoms with Crippen LogP contribution in [0.25, 0.3) is 6.08 Å². The smallest absolute Gasteiger partial charge is 0.312 e. The highest BCUT2D eigenvalue weighted by Crippen LogP contribution is 2.49. The number of aromatic hydroxyl groups is 1. The molecule has 1 N–H and O–H groups in total. The number of ketones is 1. The molecule has 154 valence electrons. The Bertz CT molecular complexity index is 1250. The molecule has 7 nitrogen and oxygen atoms in total. The zero-order valence-corrected chi connectivity index (χ0v) is 16.5. The van der Waals surface area contributed by atoms with Crippen LogP contribution < -0.4 is 14.2 Å². The molecule has 0 bridgehead atoms. The first-order valence-electron chi connectivity index (χ1n) is 9.64. The van der Waals surface area contributed by atoms with Crippen molar-refractivity contribution in [3.63, 3.8) is 0 Å². The fraction of sp³-hybridized carbons (Fsp3) is 0.125. The van der Waals surface area contributed by atoms with Crippen LogP contribution >= 0.6 is 0 Å². The number of nitrogens with zero attached hydrogens (tertiary/aromatic N) is 1. The van der Waals surface area contributed by atoms with Crippen molar-refractivity contribution < 1.29 is 28.9 Å². The Morgan fingerprint density at radius 3 is 2.77 bits per heavy atom. The highest BCUT2D eigenvalue weighted by molar-refractivity contribution is 6.15. The molecule has 2 aliphatic rings. The number of rotatable bonds is 3. The predicted molar refractivity (Wildman–Crippen MR) is 110 cm³/mol. The summed E-state index contributed by atoms with van der Waals surface area (Å²) < 4.78 is 16.5. The molecular weight excluding hydrogens is 398 g/mol. The van der Waals surface area contributed by atoms with E-state index in [1.54, 1.807) is 54.9 Å². The van der Waals surface area contributed by atoms with Crippen LogP contribution in [0, 0.1) is 0 Å². The van der Waals surface area contributed by atoms with Gasteiger partial charge in [0.15, 0.2) is 17.3 Å². The zero-order valence-electron chi connectivity index (χ0n) is 16.5. The molecule has 31 heavy (non-hydrogen) atoms. The average Bonchev–Trinajstić information content (AvgIpc) is 3.09. The number of pyridine rings is 1. The fourth-order valence-corrected chi connectivity index (χ4v) is 3.93. The summed E-state index contributed by atoms with van der Waals surface area (Å²) in [7, 11) is 1.46. The molecule has 1 unspecified atom stereocenters. The van der Waals surface area contributed by atoms with Crippen molar-refractivity contribution in [3.8, 4) is 23.0 Å². The Balaban J connectivity index is 1.62. The summed E-state index contributed by atoms with van der Waals surface area (Å²) in [6.07, 6.45) is 4.96. The van der Waals surface area contributed by atoms with Crippen molar-refractivity contribution in [1.29, 1.82) is 0 Å². The summed E-state index contributed by atoms with van der Waals surface area (Å²) in [5, 5.41) is 10.2. The molecule has 0 fully saturated rings. The maximum atomic E-state index is 13.0. The van der Waals surface area contributed by atoms with E-state index in [1.807, 2.05) is 6.07 Å². The predicted octanol–water partition coefficient (Wildman–Crippen LogP) is 3.85. The molecule has 0 radical (unpaired) electrons. The monoisotopic (exact) mass is 415 g/mol. The average molecular weight is 415 g/mol. The molecule has 7 heteroatoms. The van der Waals surface area contributed by atoms with Crippen molar-refractivity contribution >= 4 is 17.8 Å². The number of hydrogen-bond acceptors (Lipinski definition) is 7. The number of Topliss-reactive ketones (excluding diaryl/α,β-unsaturated/α-hetero) is 1. The molecule has 0 saturated carbocycles. The third-order valence-corrected chi connectivity index (χ3v) is 5.37. The first-order chi connectivity index (χ1) is 15.0. The lowest BCUT2D eigenvalue weighted by molar-refractivity contribution is -0.135. The van der Waals surface area contributed by atoms with E-state index in [0.717, 1.165) is 5.56 Å². The lowest BCUT2D eigenvalue weighted by atomic mass is 9.84. The first-order valence-corrected chi connectivity index (χ1v) is 9.64. The molecule has 0 saturated heterocycles. The standard InChI is InChI=1S/C24H17NO6/c1-29-18-6-4-14(10-17(18)26)16-11-21(27)30-19-7-5-15-23(28)20(31-24(15)22(16)19)9-13-3-2-8-25-12-13/h2-10,12,16,26H,11H2,1H3/b20-9-. The summed E-state index contributed by atoms with van der Waals surface area (Å²) >= 11 is 0. The van der Waals surface area contributed by atoms with E-state index < -0.39 is 11.9 Å². The van der Waals surface area contributed by atoms with Crippen LogP contribution in [0.15, 0.2) is 60.6 Å². The minimum Gasteiger partial charge on any atom is -0.504 e. The SMILES string of the molecule is COc1ccc(C2CC(=O)Oc3ccc4c(c32)O/C(=C\c2cccnc2)C4=O)cc1O. The van der Waals surface area contributed by atoms with E-state index >= 15 is 0 Å². The van der Waals surface area contributed by atoms with Gasteiger partial charge in [0.25, 0.3) is 0 Å². The van der Waals surface area contributed by atoms with E-state index in [4.69, 9.17) is 14.2 Å². The van der Waals surface area contributed by atoms with Crippen LogP contribution in [0.4, 0.5) is 0 Å². The van der Waals surface area contributed by atoms with E-state index in [9.17, 15) is 14.7 Å². The van der Waals surface area contributed by atoms with Crippen LogP contribution in [0.5, 0.6) is 23.0 Å². The fourth-order valence-electron chi connectivity index (χ4n) is 3.93. The summed E-state index contributed by atoms with van der Waals surface area (Å²) in [5.41, 5.74) is 2.42. The lowest BCUT2D eigenvalue weighted by Gasteiger charge is -2.26. The molecule has 0 spiro atoms. The number of fused-ring (bicyclic) bond motifs is 3. The molecular formula is C24H17NO6. The number of carbonyl (C=O) groups is 2. The molecule has 5 rings (SSSR count). The topological polar surface area (TPSA) is 95.0 Å². The third-order valence-electron chi connectivity index (χ3n) is 5.37. The molecule has 3 heterocycles. The minimum atomic E-state index is -0.450. The molecule has 0 aliphatic carbocycles. The second-order valence-corrected chi connectivity index (χ2v) is 7.24. The quantitative estimate of drug-likeness (QED) is 0.394. The number of allylic oxidation sites excluding steroid dienone is 1. The van der Waals surface area contributed by atoms with Gasteiger partial charge in [-0.05, 0) is 47.5 Å². The van der Waals surface area contributed by atoms with E-state index in [2.05, 4.69) is 4.98 Å². The highest BCUT2D eigenvalue weighted by atomic mass is 16.5. The van der Waals surface area contributed by atoms with Gasteiger partial charge in [0, 0.05) is 23.9 Å². The molecule has 3 aromatic rings. The van der Waals surface area contributed by atoms with Crippen molar-refractivity contribution in [2.45, 2.75) is 12.3 Å². The Kier molecular flexibility index (Phi) is 4.43. The van der Waals surface area contributed by atoms with Gasteiger partial charge in [0.2, 0.25) is 5.78 Å². The number of carbonyl (C=O) groups excluding carboxylic acids is 2. The Morgan fingerprint density at radius 2 is 2.03 bits per heavy atom. The zero-order chi connectivity index (χ0) is 21.5. The van der Waals surface area contributed by atoms with Crippen molar-refractivity contribution in [2.75, 3.05) is 7.11 Å². The van der Waals surface area contributed by atoms with Crippen molar-refractivity contribution in [2.24, 2.45) is 0 Å².